The highest BCUT2D eigenvalue weighted by Crippen LogP contribution is 2.54. The Morgan fingerprint density at radius 1 is 0.767 bits per heavy atom. The van der Waals surface area contributed by atoms with Crippen molar-refractivity contribution in [2.45, 2.75) is 94.9 Å². The molecule has 216 valence electrons. The number of anilines is 1. The van der Waals surface area contributed by atoms with Gasteiger partial charge in [0.05, 0.1) is 0 Å². The number of hydrogen-bond donors (Lipinski definition) is 0. The molecular formula is C42H43N. The molecule has 0 saturated heterocycles. The van der Waals surface area contributed by atoms with Crippen LogP contribution in [0.3, 0.4) is 0 Å². The zero-order chi connectivity index (χ0) is 28.3. The minimum Gasteiger partial charge on any atom is -0.341 e. The van der Waals surface area contributed by atoms with Crippen molar-refractivity contribution in [1.82, 2.24) is 0 Å². The van der Waals surface area contributed by atoms with Crippen LogP contribution in [0.5, 0.6) is 0 Å². The van der Waals surface area contributed by atoms with Crippen LogP contribution >= 0.6 is 0 Å². The number of rotatable bonds is 3. The van der Waals surface area contributed by atoms with Crippen molar-refractivity contribution in [1.29, 1.82) is 0 Å². The summed E-state index contributed by atoms with van der Waals surface area (Å²) in [5.41, 5.74) is 14.4. The first-order valence-corrected chi connectivity index (χ1v) is 17.2. The van der Waals surface area contributed by atoms with Gasteiger partial charge >= 0.3 is 0 Å². The highest BCUT2D eigenvalue weighted by atomic mass is 15.2. The average molecular weight is 562 g/mol. The van der Waals surface area contributed by atoms with Gasteiger partial charge in [0.25, 0.3) is 0 Å². The number of allylic oxidation sites excluding steroid dienone is 14. The second-order valence-corrected chi connectivity index (χ2v) is 13.9. The van der Waals surface area contributed by atoms with E-state index in [1.807, 2.05) is 0 Å². The quantitative estimate of drug-likeness (QED) is 0.337. The van der Waals surface area contributed by atoms with Crippen molar-refractivity contribution in [3.63, 3.8) is 0 Å². The Balaban J connectivity index is 1.14. The fraction of sp³-hybridized carbons (Fsp3) is 0.381. The van der Waals surface area contributed by atoms with E-state index in [2.05, 4.69) is 96.0 Å². The lowest BCUT2D eigenvalue weighted by Crippen LogP contribution is -2.35. The molecule has 1 aliphatic heterocycles. The van der Waals surface area contributed by atoms with E-state index in [-0.39, 0.29) is 0 Å². The summed E-state index contributed by atoms with van der Waals surface area (Å²) in [6.07, 6.45) is 43.7. The van der Waals surface area contributed by atoms with Crippen LogP contribution in [0.2, 0.25) is 0 Å². The zero-order valence-corrected chi connectivity index (χ0v) is 25.4. The molecule has 0 fully saturated rings. The Hall–Kier alpha value is -3.58. The van der Waals surface area contributed by atoms with Crippen LogP contribution in [0, 0.1) is 5.92 Å². The molecule has 1 heteroatoms. The molecule has 9 rings (SSSR count). The molecule has 1 heterocycles. The van der Waals surface area contributed by atoms with Crippen LogP contribution in [0.1, 0.15) is 105 Å². The Morgan fingerprint density at radius 2 is 1.72 bits per heavy atom. The second kappa shape index (κ2) is 10.5. The van der Waals surface area contributed by atoms with Gasteiger partial charge in [0.2, 0.25) is 0 Å². The van der Waals surface area contributed by atoms with Crippen molar-refractivity contribution < 1.29 is 0 Å². The molecule has 7 aliphatic rings. The van der Waals surface area contributed by atoms with Gasteiger partial charge in [-0.1, -0.05) is 84.6 Å². The van der Waals surface area contributed by atoms with E-state index in [0.29, 0.717) is 23.8 Å². The first kappa shape index (κ1) is 25.9. The summed E-state index contributed by atoms with van der Waals surface area (Å²) in [5.74, 6) is 1.66. The molecule has 1 nitrogen and oxygen atoms in total. The average Bonchev–Trinajstić information content (AvgIpc) is 3.42. The lowest BCUT2D eigenvalue weighted by Gasteiger charge is -2.37. The number of aryl methyl sites for hydroxylation is 1. The predicted octanol–water partition coefficient (Wildman–Crippen LogP) is 11.1. The topological polar surface area (TPSA) is 3.24 Å². The summed E-state index contributed by atoms with van der Waals surface area (Å²) in [6.45, 7) is 0. The summed E-state index contributed by atoms with van der Waals surface area (Å²) in [4.78, 5) is 2.85. The van der Waals surface area contributed by atoms with Crippen LogP contribution in [0.15, 0.2) is 107 Å². The van der Waals surface area contributed by atoms with E-state index in [0.717, 1.165) is 19.3 Å². The molecule has 0 saturated carbocycles. The minimum absolute atomic E-state index is 0.480. The molecule has 6 aliphatic carbocycles. The van der Waals surface area contributed by atoms with Crippen LogP contribution in [0.25, 0.3) is 16.8 Å². The van der Waals surface area contributed by atoms with Gasteiger partial charge in [0.15, 0.2) is 0 Å². The van der Waals surface area contributed by atoms with Crippen LogP contribution in [-0.2, 0) is 6.42 Å². The highest BCUT2D eigenvalue weighted by Gasteiger charge is 2.42. The molecule has 0 amide bonds. The van der Waals surface area contributed by atoms with Crippen molar-refractivity contribution in [3.05, 3.63) is 130 Å². The van der Waals surface area contributed by atoms with Crippen LogP contribution in [0.4, 0.5) is 5.69 Å². The van der Waals surface area contributed by atoms with Crippen molar-refractivity contribution in [2.75, 3.05) is 4.90 Å². The lowest BCUT2D eigenvalue weighted by atomic mass is 9.77. The summed E-state index contributed by atoms with van der Waals surface area (Å²) in [6, 6.07) is 8.08. The van der Waals surface area contributed by atoms with Gasteiger partial charge < -0.3 is 4.90 Å². The SMILES string of the molecule is C1=CCC(c2cc3ccc4c(c3c3c2C=CCC3)C2C=CCCC2N4C2=CCCC(C3=CC4=C(C=CCC4)CC3)C2)C=C1. The summed E-state index contributed by atoms with van der Waals surface area (Å²) in [7, 11) is 0. The van der Waals surface area contributed by atoms with Gasteiger partial charge in [-0.2, -0.15) is 0 Å². The van der Waals surface area contributed by atoms with E-state index in [4.69, 9.17) is 0 Å². The van der Waals surface area contributed by atoms with E-state index < -0.39 is 0 Å². The Kier molecular flexibility index (Phi) is 6.35. The first-order chi connectivity index (χ1) is 21.3. The lowest BCUT2D eigenvalue weighted by molar-refractivity contribution is 0.479. The standard InChI is InChI=1S/C42H43N/c1-2-12-29(13-3-1)38-27-33-23-24-40-42(41(33)36-18-7-6-17-35(36)38)37-19-8-9-20-39(37)43(40)34-16-10-15-31(26-34)32-22-21-28-11-4-5-14-30(28)25-32/h1-4,6,8,11-12,16-17,19,23-25,27,29,31,37,39H,5,7,9-10,13-15,18,20-22,26H2. The molecule has 2 aromatic carbocycles. The molecule has 4 unspecified atom stereocenters. The monoisotopic (exact) mass is 561 g/mol. The van der Waals surface area contributed by atoms with Crippen molar-refractivity contribution in [2.24, 2.45) is 5.92 Å². The van der Waals surface area contributed by atoms with Gasteiger partial charge in [-0.05, 0) is 139 Å². The molecule has 0 N–H and O–H groups in total. The number of nitrogens with zero attached hydrogens (tertiary/aromatic N) is 1. The van der Waals surface area contributed by atoms with E-state index >= 15 is 0 Å². The molecule has 2 aromatic rings. The fourth-order valence-corrected chi connectivity index (χ4v) is 9.57. The van der Waals surface area contributed by atoms with Gasteiger partial charge in [0, 0.05) is 29.3 Å². The molecule has 0 spiro atoms. The summed E-state index contributed by atoms with van der Waals surface area (Å²) in [5, 5.41) is 3.03. The normalized spacial score (nSPS) is 28.9. The number of fused-ring (bicyclic) bond motifs is 7. The van der Waals surface area contributed by atoms with Crippen molar-refractivity contribution >= 4 is 22.5 Å². The molecular weight excluding hydrogens is 518 g/mol. The third-order valence-electron chi connectivity index (χ3n) is 11.6. The van der Waals surface area contributed by atoms with Crippen molar-refractivity contribution in [3.8, 4) is 0 Å². The predicted molar refractivity (Wildman–Crippen MR) is 182 cm³/mol. The van der Waals surface area contributed by atoms with E-state index in [1.54, 1.807) is 38.9 Å². The molecule has 4 atom stereocenters. The summed E-state index contributed by atoms with van der Waals surface area (Å²) >= 11 is 0. The molecule has 43 heavy (non-hydrogen) atoms. The molecule has 0 bridgehead atoms. The van der Waals surface area contributed by atoms with Gasteiger partial charge in [-0.25, -0.2) is 0 Å². The summed E-state index contributed by atoms with van der Waals surface area (Å²) < 4.78 is 0. The number of benzene rings is 2. The zero-order valence-electron chi connectivity index (χ0n) is 25.4. The smallest absolute Gasteiger partial charge is 0.0457 e. The second-order valence-electron chi connectivity index (χ2n) is 13.9. The molecule has 0 radical (unpaired) electrons. The minimum atomic E-state index is 0.480. The van der Waals surface area contributed by atoms with Crippen LogP contribution < -0.4 is 4.90 Å². The molecule has 0 aromatic heterocycles. The van der Waals surface area contributed by atoms with E-state index in [9.17, 15) is 0 Å². The van der Waals surface area contributed by atoms with Gasteiger partial charge in [0.1, 0.15) is 0 Å². The van der Waals surface area contributed by atoms with Crippen LogP contribution in [-0.4, -0.2) is 6.04 Å². The Labute approximate surface area is 257 Å². The highest BCUT2D eigenvalue weighted by molar-refractivity contribution is 5.99. The first-order valence-electron chi connectivity index (χ1n) is 17.2. The third kappa shape index (κ3) is 4.26. The van der Waals surface area contributed by atoms with Gasteiger partial charge in [-0.3, -0.25) is 0 Å². The van der Waals surface area contributed by atoms with E-state index in [1.165, 1.54) is 80.0 Å². The maximum atomic E-state index is 2.85. The maximum absolute atomic E-state index is 2.85. The Bertz CT molecular complexity index is 1750. The fourth-order valence-electron chi connectivity index (χ4n) is 9.57. The Morgan fingerprint density at radius 3 is 2.67 bits per heavy atom. The van der Waals surface area contributed by atoms with Gasteiger partial charge in [-0.15, -0.1) is 0 Å². The largest absolute Gasteiger partial charge is 0.341 e. The maximum Gasteiger partial charge on any atom is 0.0457 e. The number of hydrogen-bond acceptors (Lipinski definition) is 1. The third-order valence-corrected chi connectivity index (χ3v) is 11.6.